The fourth-order valence-electron chi connectivity index (χ4n) is 4.14. The minimum atomic E-state index is -0.217. The Balaban J connectivity index is 1.51. The minimum Gasteiger partial charge on any atom is -0.373 e. The van der Waals surface area contributed by atoms with Crippen LogP contribution in [0, 0.1) is 6.92 Å². The molecule has 0 saturated carbocycles. The summed E-state index contributed by atoms with van der Waals surface area (Å²) in [7, 11) is 1.80. The standard InChI is InChI=1S/C23H26N2O2/c1-17-8-9-18-15-19(22(26)24-21(18)14-17)16-25-12-10-23(27-2,11-13-25)20-6-4-3-5-7-20/h3-9,14-15H,10-13,16H2,1-2H3,(H,24,26). The van der Waals surface area contributed by atoms with E-state index in [9.17, 15) is 4.79 Å². The van der Waals surface area contributed by atoms with Crippen molar-refractivity contribution >= 4 is 10.9 Å². The molecule has 4 heteroatoms. The molecule has 2 heterocycles. The van der Waals surface area contributed by atoms with Crippen molar-refractivity contribution in [3.05, 3.63) is 81.6 Å². The molecule has 1 saturated heterocycles. The first-order chi connectivity index (χ1) is 13.1. The topological polar surface area (TPSA) is 45.3 Å². The number of aromatic amines is 1. The largest absolute Gasteiger partial charge is 0.373 e. The van der Waals surface area contributed by atoms with Gasteiger partial charge in [0.25, 0.3) is 5.56 Å². The van der Waals surface area contributed by atoms with Crippen LogP contribution in [0.2, 0.25) is 0 Å². The number of methoxy groups -OCH3 is 1. The Morgan fingerprint density at radius 2 is 1.81 bits per heavy atom. The molecule has 0 bridgehead atoms. The quantitative estimate of drug-likeness (QED) is 0.764. The van der Waals surface area contributed by atoms with Crippen LogP contribution in [0.3, 0.4) is 0 Å². The Labute approximate surface area is 159 Å². The van der Waals surface area contributed by atoms with E-state index in [1.165, 1.54) is 5.56 Å². The normalized spacial score (nSPS) is 17.3. The number of hydrogen-bond donors (Lipinski definition) is 1. The molecule has 1 fully saturated rings. The van der Waals surface area contributed by atoms with Crippen molar-refractivity contribution in [3.63, 3.8) is 0 Å². The fraction of sp³-hybridized carbons (Fsp3) is 0.348. The summed E-state index contributed by atoms with van der Waals surface area (Å²) in [6.07, 6.45) is 1.86. The molecule has 4 nitrogen and oxygen atoms in total. The highest BCUT2D eigenvalue weighted by atomic mass is 16.5. The minimum absolute atomic E-state index is 0.0136. The molecule has 0 spiro atoms. The predicted molar refractivity (Wildman–Crippen MR) is 109 cm³/mol. The number of ether oxygens (including phenoxy) is 1. The maximum Gasteiger partial charge on any atom is 0.252 e. The van der Waals surface area contributed by atoms with Crippen LogP contribution < -0.4 is 5.56 Å². The molecule has 0 amide bonds. The molecule has 1 N–H and O–H groups in total. The van der Waals surface area contributed by atoms with Gasteiger partial charge in [0.1, 0.15) is 0 Å². The number of rotatable bonds is 4. The SMILES string of the molecule is COC1(c2ccccc2)CCN(Cc2cc3ccc(C)cc3[nH]c2=O)CC1. The summed E-state index contributed by atoms with van der Waals surface area (Å²) in [6.45, 7) is 4.53. The van der Waals surface area contributed by atoms with E-state index >= 15 is 0 Å². The first-order valence-corrected chi connectivity index (χ1v) is 9.55. The average Bonchev–Trinajstić information content (AvgIpc) is 2.70. The maximum atomic E-state index is 12.5. The smallest absolute Gasteiger partial charge is 0.252 e. The van der Waals surface area contributed by atoms with Gasteiger partial charge in [0.2, 0.25) is 0 Å². The van der Waals surface area contributed by atoms with Crippen molar-refractivity contribution in [3.8, 4) is 0 Å². The van der Waals surface area contributed by atoms with E-state index in [2.05, 4.69) is 46.3 Å². The van der Waals surface area contributed by atoms with E-state index in [1.54, 1.807) is 7.11 Å². The molecular weight excluding hydrogens is 336 g/mol. The number of likely N-dealkylation sites (tertiary alicyclic amines) is 1. The van der Waals surface area contributed by atoms with Crippen molar-refractivity contribution in [1.29, 1.82) is 0 Å². The van der Waals surface area contributed by atoms with Crippen LogP contribution in [0.15, 0.2) is 59.4 Å². The molecule has 27 heavy (non-hydrogen) atoms. The van der Waals surface area contributed by atoms with Crippen molar-refractivity contribution < 1.29 is 4.74 Å². The first kappa shape index (κ1) is 18.0. The van der Waals surface area contributed by atoms with Crippen molar-refractivity contribution in [2.75, 3.05) is 20.2 Å². The van der Waals surface area contributed by atoms with E-state index < -0.39 is 0 Å². The molecule has 1 aliphatic rings. The van der Waals surface area contributed by atoms with E-state index in [0.717, 1.165) is 48.0 Å². The van der Waals surface area contributed by atoms with Crippen molar-refractivity contribution in [2.45, 2.75) is 31.9 Å². The number of nitrogens with one attached hydrogen (secondary N) is 1. The zero-order valence-corrected chi connectivity index (χ0v) is 16.0. The van der Waals surface area contributed by atoms with Gasteiger partial charge < -0.3 is 9.72 Å². The number of aryl methyl sites for hydroxylation is 1. The van der Waals surface area contributed by atoms with Crippen LogP contribution in [0.4, 0.5) is 0 Å². The van der Waals surface area contributed by atoms with Crippen LogP contribution in [-0.4, -0.2) is 30.1 Å². The summed E-state index contributed by atoms with van der Waals surface area (Å²) < 4.78 is 5.96. The first-order valence-electron chi connectivity index (χ1n) is 9.55. The fourth-order valence-corrected chi connectivity index (χ4v) is 4.14. The number of fused-ring (bicyclic) bond motifs is 1. The number of benzene rings is 2. The van der Waals surface area contributed by atoms with Gasteiger partial charge >= 0.3 is 0 Å². The molecule has 3 aromatic rings. The molecule has 4 rings (SSSR count). The Hall–Kier alpha value is -2.43. The van der Waals surface area contributed by atoms with E-state index in [1.807, 2.05) is 25.1 Å². The third kappa shape index (κ3) is 3.55. The second-order valence-corrected chi connectivity index (χ2v) is 7.55. The second kappa shape index (κ2) is 7.29. The summed E-state index contributed by atoms with van der Waals surface area (Å²) in [4.78, 5) is 17.9. The lowest BCUT2D eigenvalue weighted by molar-refractivity contribution is -0.0638. The summed E-state index contributed by atoms with van der Waals surface area (Å²) in [5, 5.41) is 1.09. The molecule has 2 aromatic carbocycles. The van der Waals surface area contributed by atoms with Gasteiger partial charge in [0, 0.05) is 37.8 Å². The molecular formula is C23H26N2O2. The van der Waals surface area contributed by atoms with Crippen LogP contribution in [0.1, 0.15) is 29.5 Å². The van der Waals surface area contributed by atoms with E-state index in [4.69, 9.17) is 4.74 Å². The number of nitrogens with zero attached hydrogens (tertiary/aromatic N) is 1. The van der Waals surface area contributed by atoms with Crippen LogP contribution in [0.5, 0.6) is 0 Å². The highest BCUT2D eigenvalue weighted by molar-refractivity contribution is 5.79. The monoisotopic (exact) mass is 362 g/mol. The van der Waals surface area contributed by atoms with E-state index in [0.29, 0.717) is 6.54 Å². The molecule has 0 atom stereocenters. The number of piperidine rings is 1. The van der Waals surface area contributed by atoms with E-state index in [-0.39, 0.29) is 11.2 Å². The zero-order valence-electron chi connectivity index (χ0n) is 16.0. The molecule has 1 aliphatic heterocycles. The van der Waals surface area contributed by atoms with Crippen molar-refractivity contribution in [2.24, 2.45) is 0 Å². The summed E-state index contributed by atoms with van der Waals surface area (Å²) in [5.41, 5.74) is 3.93. The van der Waals surface area contributed by atoms with Gasteiger partial charge in [-0.2, -0.15) is 0 Å². The summed E-state index contributed by atoms with van der Waals surface area (Å²) in [6, 6.07) is 18.7. The number of aromatic nitrogens is 1. The third-order valence-corrected chi connectivity index (χ3v) is 5.83. The number of pyridine rings is 1. The maximum absolute atomic E-state index is 12.5. The lowest BCUT2D eigenvalue weighted by Crippen LogP contribution is -2.43. The average molecular weight is 362 g/mol. The highest BCUT2D eigenvalue weighted by Gasteiger charge is 2.36. The second-order valence-electron chi connectivity index (χ2n) is 7.55. The van der Waals surface area contributed by atoms with Gasteiger partial charge in [-0.3, -0.25) is 9.69 Å². The predicted octanol–water partition coefficient (Wildman–Crippen LogP) is 3.97. The lowest BCUT2D eigenvalue weighted by atomic mass is 9.84. The molecule has 140 valence electrons. The number of hydrogen-bond acceptors (Lipinski definition) is 3. The zero-order chi connectivity index (χ0) is 18.9. The molecule has 1 aromatic heterocycles. The van der Waals surface area contributed by atoms with Crippen molar-refractivity contribution in [1.82, 2.24) is 9.88 Å². The van der Waals surface area contributed by atoms with Gasteiger partial charge in [-0.05, 0) is 48.4 Å². The molecule has 0 unspecified atom stereocenters. The van der Waals surface area contributed by atoms with Gasteiger partial charge in [-0.25, -0.2) is 0 Å². The number of H-pyrrole nitrogens is 1. The van der Waals surface area contributed by atoms with Crippen LogP contribution in [-0.2, 0) is 16.9 Å². The van der Waals surface area contributed by atoms with Gasteiger partial charge in [0.15, 0.2) is 0 Å². The highest BCUT2D eigenvalue weighted by Crippen LogP contribution is 2.36. The molecule has 0 radical (unpaired) electrons. The summed E-state index contributed by atoms with van der Waals surface area (Å²) in [5.74, 6) is 0. The molecule has 0 aliphatic carbocycles. The van der Waals surface area contributed by atoms with Gasteiger partial charge in [-0.1, -0.05) is 42.5 Å². The lowest BCUT2D eigenvalue weighted by Gasteiger charge is -2.41. The van der Waals surface area contributed by atoms with Gasteiger partial charge in [0.05, 0.1) is 5.60 Å². The van der Waals surface area contributed by atoms with Crippen LogP contribution >= 0.6 is 0 Å². The van der Waals surface area contributed by atoms with Gasteiger partial charge in [-0.15, -0.1) is 0 Å². The third-order valence-electron chi connectivity index (χ3n) is 5.83. The Bertz CT molecular complexity index is 986. The summed E-state index contributed by atoms with van der Waals surface area (Å²) >= 11 is 0. The Kier molecular flexibility index (Phi) is 4.85. The Morgan fingerprint density at radius 1 is 1.07 bits per heavy atom. The van der Waals surface area contributed by atoms with Crippen LogP contribution in [0.25, 0.3) is 10.9 Å². The Morgan fingerprint density at radius 3 is 2.52 bits per heavy atom.